The third-order valence-corrected chi connectivity index (χ3v) is 7.26. The Morgan fingerprint density at radius 2 is 2.13 bits per heavy atom. The van der Waals surface area contributed by atoms with E-state index in [-0.39, 0.29) is 11.6 Å². The largest absolute Gasteiger partial charge is 0.446 e. The second-order valence-corrected chi connectivity index (χ2v) is 9.61. The van der Waals surface area contributed by atoms with E-state index in [2.05, 4.69) is 43.7 Å². The highest BCUT2D eigenvalue weighted by molar-refractivity contribution is 5.42. The molecule has 3 fully saturated rings. The Kier molecular flexibility index (Phi) is 4.37. The fourth-order valence-electron chi connectivity index (χ4n) is 5.34. The van der Waals surface area contributed by atoms with E-state index in [4.69, 9.17) is 9.15 Å². The highest BCUT2D eigenvalue weighted by Crippen LogP contribution is 2.45. The summed E-state index contributed by atoms with van der Waals surface area (Å²) >= 11 is 0. The number of aryl methyl sites for hydroxylation is 1. The van der Waals surface area contributed by atoms with E-state index >= 15 is 0 Å². The molecular weight excluding hydrogens is 380 g/mol. The van der Waals surface area contributed by atoms with Crippen LogP contribution in [-0.4, -0.2) is 39.2 Å². The van der Waals surface area contributed by atoms with Crippen LogP contribution in [0.4, 0.5) is 5.82 Å². The first-order valence-electron chi connectivity index (χ1n) is 11.3. The maximum absolute atomic E-state index is 6.42. The Balaban J connectivity index is 1.19. The quantitative estimate of drug-likeness (QED) is 0.795. The van der Waals surface area contributed by atoms with Crippen molar-refractivity contribution in [1.29, 1.82) is 0 Å². The minimum atomic E-state index is 0.140. The summed E-state index contributed by atoms with van der Waals surface area (Å²) in [6.45, 7) is 5.78. The van der Waals surface area contributed by atoms with Crippen molar-refractivity contribution in [2.75, 3.05) is 11.4 Å². The number of fused-ring (bicyclic) bond motifs is 2. The van der Waals surface area contributed by atoms with Gasteiger partial charge in [0.05, 0.1) is 30.0 Å². The Bertz CT molecular complexity index is 941. The molecule has 0 amide bonds. The van der Waals surface area contributed by atoms with Crippen molar-refractivity contribution in [2.24, 2.45) is 5.92 Å². The van der Waals surface area contributed by atoms with E-state index in [1.165, 1.54) is 12.8 Å². The zero-order valence-electron chi connectivity index (χ0n) is 17.7. The van der Waals surface area contributed by atoms with Crippen LogP contribution in [0.3, 0.4) is 0 Å². The Hall–Kier alpha value is -2.03. The number of oxazole rings is 1. The van der Waals surface area contributed by atoms with E-state index in [1.807, 2.05) is 6.92 Å². The lowest BCUT2D eigenvalue weighted by Gasteiger charge is -2.34. The Labute approximate surface area is 176 Å². The van der Waals surface area contributed by atoms with Gasteiger partial charge in [-0.05, 0) is 39.0 Å². The van der Waals surface area contributed by atoms with Crippen LogP contribution < -0.4 is 15.8 Å². The number of anilines is 1. The predicted octanol–water partition coefficient (Wildman–Crippen LogP) is 2.59. The van der Waals surface area contributed by atoms with Gasteiger partial charge in [-0.3, -0.25) is 5.43 Å². The average molecular weight is 411 g/mol. The molecule has 6 rings (SSSR count). The molecule has 2 saturated carbocycles. The molecule has 1 saturated heterocycles. The summed E-state index contributed by atoms with van der Waals surface area (Å²) in [6.07, 6.45) is 8.70. The van der Waals surface area contributed by atoms with Crippen molar-refractivity contribution in [3.8, 4) is 0 Å². The van der Waals surface area contributed by atoms with Gasteiger partial charge in [0.15, 0.2) is 5.89 Å². The topological polar surface area (TPSA) is 88.3 Å². The number of ether oxygens (including phenoxy) is 1. The summed E-state index contributed by atoms with van der Waals surface area (Å²) < 4.78 is 12.1. The van der Waals surface area contributed by atoms with Crippen molar-refractivity contribution < 1.29 is 9.15 Å². The molecule has 30 heavy (non-hydrogen) atoms. The van der Waals surface area contributed by atoms with E-state index in [0.717, 1.165) is 67.6 Å². The molecule has 2 aromatic heterocycles. The normalized spacial score (nSPS) is 32.0. The minimum Gasteiger partial charge on any atom is -0.446 e. The zero-order chi connectivity index (χ0) is 20.3. The van der Waals surface area contributed by atoms with E-state index in [1.54, 1.807) is 6.33 Å². The summed E-state index contributed by atoms with van der Waals surface area (Å²) in [5, 5.41) is 0. The van der Waals surface area contributed by atoms with Crippen molar-refractivity contribution in [3.63, 3.8) is 0 Å². The van der Waals surface area contributed by atoms with E-state index < -0.39 is 0 Å². The molecule has 2 aromatic rings. The van der Waals surface area contributed by atoms with Gasteiger partial charge < -0.3 is 14.1 Å². The number of hydrogen-bond acceptors (Lipinski definition) is 8. The van der Waals surface area contributed by atoms with Gasteiger partial charge in [-0.15, -0.1) is 0 Å². The number of hydrazine groups is 1. The first-order chi connectivity index (χ1) is 14.6. The summed E-state index contributed by atoms with van der Waals surface area (Å²) in [7, 11) is 0. The highest BCUT2D eigenvalue weighted by Gasteiger charge is 2.46. The van der Waals surface area contributed by atoms with E-state index in [0.29, 0.717) is 18.1 Å². The van der Waals surface area contributed by atoms with Gasteiger partial charge in [-0.2, -0.15) is 0 Å². The molecule has 2 aliphatic carbocycles. The molecule has 8 nitrogen and oxygen atoms in total. The average Bonchev–Trinajstić information content (AvgIpc) is 3.16. The van der Waals surface area contributed by atoms with Crippen LogP contribution in [-0.2, 0) is 17.7 Å². The van der Waals surface area contributed by atoms with Crippen LogP contribution in [0.2, 0.25) is 0 Å². The summed E-state index contributed by atoms with van der Waals surface area (Å²) in [5.41, 5.74) is 9.26. The summed E-state index contributed by atoms with van der Waals surface area (Å²) in [4.78, 5) is 16.0. The maximum atomic E-state index is 6.42. The number of hydrogen-bond donors (Lipinski definition) is 2. The fraction of sp³-hybridized carbons (Fsp3) is 0.682. The van der Waals surface area contributed by atoms with Crippen molar-refractivity contribution >= 4 is 5.82 Å². The Morgan fingerprint density at radius 3 is 3.00 bits per heavy atom. The van der Waals surface area contributed by atoms with Crippen LogP contribution >= 0.6 is 0 Å². The van der Waals surface area contributed by atoms with Crippen LogP contribution in [0, 0.1) is 12.8 Å². The molecule has 0 bridgehead atoms. The van der Waals surface area contributed by atoms with Crippen LogP contribution in [0.5, 0.6) is 0 Å². The first kappa shape index (κ1) is 18.7. The lowest BCUT2D eigenvalue weighted by molar-refractivity contribution is -0.0500. The van der Waals surface area contributed by atoms with Gasteiger partial charge in [0.25, 0.3) is 0 Å². The fourth-order valence-corrected chi connectivity index (χ4v) is 5.34. The molecule has 4 heterocycles. The first-order valence-corrected chi connectivity index (χ1v) is 11.3. The second kappa shape index (κ2) is 7.00. The van der Waals surface area contributed by atoms with Gasteiger partial charge in [-0.1, -0.05) is 0 Å². The lowest BCUT2D eigenvalue weighted by atomic mass is 9.79. The number of aromatic nitrogens is 3. The summed E-state index contributed by atoms with van der Waals surface area (Å²) in [5.74, 6) is 3.21. The highest BCUT2D eigenvalue weighted by atomic mass is 16.5. The van der Waals surface area contributed by atoms with Gasteiger partial charge in [0.1, 0.15) is 23.6 Å². The third kappa shape index (κ3) is 3.40. The van der Waals surface area contributed by atoms with E-state index in [9.17, 15) is 0 Å². The second-order valence-electron chi connectivity index (χ2n) is 9.61. The van der Waals surface area contributed by atoms with Crippen LogP contribution in [0.15, 0.2) is 16.8 Å². The smallest absolute Gasteiger partial charge is 0.191 e. The molecule has 4 unspecified atom stereocenters. The molecule has 2 N–H and O–H groups in total. The molecule has 0 radical (unpaired) electrons. The standard InChI is InChI=1S/C22H30N6O2/c1-13-25-18-11-28(8-5-19(18)29-13)20-10-17(23-12-24-20)21-15-9-14(30-22(2)6-7-22)3-4-16(15)26-27-21/h10,12,14-16,21,26-27H,3-9,11H2,1-2H3. The van der Waals surface area contributed by atoms with Gasteiger partial charge in [0.2, 0.25) is 0 Å². The van der Waals surface area contributed by atoms with Crippen molar-refractivity contribution in [3.05, 3.63) is 35.4 Å². The third-order valence-electron chi connectivity index (χ3n) is 7.26. The zero-order valence-corrected chi connectivity index (χ0v) is 17.7. The molecule has 4 aliphatic rings. The molecule has 2 aliphatic heterocycles. The SMILES string of the molecule is Cc1nc2c(o1)CCN(c1cc(C3NNC4CCC(OC5(C)CC5)CC43)ncn1)C2. The number of nitrogens with one attached hydrogen (secondary N) is 2. The maximum Gasteiger partial charge on any atom is 0.191 e. The van der Waals surface area contributed by atoms with Crippen molar-refractivity contribution in [1.82, 2.24) is 25.8 Å². The molecule has 0 aromatic carbocycles. The predicted molar refractivity (Wildman–Crippen MR) is 111 cm³/mol. The Morgan fingerprint density at radius 1 is 1.23 bits per heavy atom. The van der Waals surface area contributed by atoms with Crippen LogP contribution in [0.1, 0.15) is 68.1 Å². The minimum absolute atomic E-state index is 0.140. The monoisotopic (exact) mass is 410 g/mol. The summed E-state index contributed by atoms with van der Waals surface area (Å²) in [6, 6.07) is 2.81. The van der Waals surface area contributed by atoms with Gasteiger partial charge in [0, 0.05) is 37.9 Å². The van der Waals surface area contributed by atoms with Gasteiger partial charge >= 0.3 is 0 Å². The van der Waals surface area contributed by atoms with Crippen LogP contribution in [0.25, 0.3) is 0 Å². The molecule has 4 atom stereocenters. The molecule has 0 spiro atoms. The molecule has 160 valence electrons. The molecule has 8 heteroatoms. The van der Waals surface area contributed by atoms with Gasteiger partial charge in [-0.25, -0.2) is 20.4 Å². The number of rotatable bonds is 4. The molecular formula is C22H30N6O2. The number of nitrogens with zero attached hydrogens (tertiary/aromatic N) is 4. The van der Waals surface area contributed by atoms with Crippen molar-refractivity contribution in [2.45, 2.75) is 82.7 Å². The lowest BCUT2D eigenvalue weighted by Crippen LogP contribution is -2.38.